The Kier molecular flexibility index (Phi) is 4.33. The molecule has 1 amide bonds. The summed E-state index contributed by atoms with van der Waals surface area (Å²) >= 11 is 0. The van der Waals surface area contributed by atoms with Crippen LogP contribution in [0.4, 0.5) is 5.69 Å². The molecule has 27 heavy (non-hydrogen) atoms. The molecule has 2 aliphatic heterocycles. The number of carbonyl (C=O) groups is 1. The Morgan fingerprint density at radius 3 is 2.67 bits per heavy atom. The van der Waals surface area contributed by atoms with Crippen LogP contribution in [-0.2, 0) is 9.84 Å². The lowest BCUT2D eigenvalue weighted by atomic mass is 10.1. The maximum Gasteiger partial charge on any atom is 0.255 e. The zero-order valence-electron chi connectivity index (χ0n) is 15.2. The number of ether oxygens (including phenoxy) is 2. The third-order valence-electron chi connectivity index (χ3n) is 4.92. The molecule has 1 atom stereocenters. The number of amides is 1. The number of rotatable bonds is 3. The molecule has 0 aliphatic carbocycles. The summed E-state index contributed by atoms with van der Waals surface area (Å²) in [7, 11) is -3.01. The lowest BCUT2D eigenvalue weighted by molar-refractivity contribution is 0.102. The van der Waals surface area contributed by atoms with Crippen molar-refractivity contribution in [3.63, 3.8) is 0 Å². The monoisotopic (exact) mass is 391 g/mol. The molecule has 1 fully saturated rings. The van der Waals surface area contributed by atoms with Gasteiger partial charge in [0.05, 0.1) is 34.6 Å². The Balaban J connectivity index is 1.57. The van der Waals surface area contributed by atoms with E-state index in [1.54, 1.807) is 29.8 Å². The summed E-state index contributed by atoms with van der Waals surface area (Å²) in [4.78, 5) is 12.7. The molecule has 0 saturated carbocycles. The van der Waals surface area contributed by atoms with Gasteiger partial charge in [-0.2, -0.15) is 5.10 Å². The second-order valence-electron chi connectivity index (χ2n) is 6.86. The minimum Gasteiger partial charge on any atom is -0.486 e. The minimum absolute atomic E-state index is 0.0878. The van der Waals surface area contributed by atoms with Gasteiger partial charge in [0, 0.05) is 5.56 Å². The van der Waals surface area contributed by atoms with Crippen molar-refractivity contribution in [3.8, 4) is 11.5 Å². The lowest BCUT2D eigenvalue weighted by Gasteiger charge is -2.18. The summed E-state index contributed by atoms with van der Waals surface area (Å²) in [5, 5.41) is 7.37. The van der Waals surface area contributed by atoms with Crippen molar-refractivity contribution >= 4 is 21.4 Å². The highest BCUT2D eigenvalue weighted by Gasteiger charge is 2.31. The van der Waals surface area contributed by atoms with Crippen LogP contribution in [0, 0.1) is 13.8 Å². The molecule has 2 aliphatic rings. The van der Waals surface area contributed by atoms with Crippen LogP contribution < -0.4 is 14.8 Å². The first-order valence-electron chi connectivity index (χ1n) is 8.81. The zero-order chi connectivity index (χ0) is 19.2. The molecule has 0 radical (unpaired) electrons. The Morgan fingerprint density at radius 1 is 1.22 bits per heavy atom. The van der Waals surface area contributed by atoms with Gasteiger partial charge in [0.2, 0.25) is 0 Å². The van der Waals surface area contributed by atoms with Gasteiger partial charge in [-0.15, -0.1) is 0 Å². The van der Waals surface area contributed by atoms with Crippen LogP contribution in [0.15, 0.2) is 18.2 Å². The standard InChI is InChI=1S/C18H21N3O5S/c1-11-17(12(2)21(20-11)14-5-8-27(23,24)10-14)19-18(22)13-3-4-15-16(9-13)26-7-6-25-15/h3-4,9,14H,5-8,10H2,1-2H3,(H,19,22). The molecule has 1 N–H and O–H groups in total. The number of fused-ring (bicyclic) bond motifs is 1. The van der Waals surface area contributed by atoms with Crippen LogP contribution >= 0.6 is 0 Å². The summed E-state index contributed by atoms with van der Waals surface area (Å²) in [5.41, 5.74) is 2.47. The predicted octanol–water partition coefficient (Wildman–Crippen LogP) is 1.88. The van der Waals surface area contributed by atoms with Gasteiger partial charge in [-0.25, -0.2) is 8.42 Å². The van der Waals surface area contributed by atoms with Crippen molar-refractivity contribution in [2.24, 2.45) is 0 Å². The third kappa shape index (κ3) is 3.39. The van der Waals surface area contributed by atoms with Crippen molar-refractivity contribution in [1.29, 1.82) is 0 Å². The smallest absolute Gasteiger partial charge is 0.255 e. The fraction of sp³-hybridized carbons (Fsp3) is 0.444. The van der Waals surface area contributed by atoms with Crippen LogP contribution in [-0.4, -0.2) is 48.8 Å². The summed E-state index contributed by atoms with van der Waals surface area (Å²) < 4.78 is 36.2. The molecular formula is C18H21N3O5S. The number of hydrogen-bond acceptors (Lipinski definition) is 6. The molecular weight excluding hydrogens is 370 g/mol. The van der Waals surface area contributed by atoms with E-state index in [0.29, 0.717) is 48.1 Å². The Hall–Kier alpha value is -2.55. The molecule has 4 rings (SSSR count). The van der Waals surface area contributed by atoms with Gasteiger partial charge in [-0.05, 0) is 38.5 Å². The first-order valence-corrected chi connectivity index (χ1v) is 10.6. The number of hydrogen-bond donors (Lipinski definition) is 1. The number of sulfone groups is 1. The number of carbonyl (C=O) groups excluding carboxylic acids is 1. The lowest BCUT2D eigenvalue weighted by Crippen LogP contribution is -2.18. The number of aryl methyl sites for hydroxylation is 1. The van der Waals surface area contributed by atoms with E-state index in [4.69, 9.17) is 9.47 Å². The number of aromatic nitrogens is 2. The normalized spacial score (nSPS) is 20.4. The van der Waals surface area contributed by atoms with E-state index >= 15 is 0 Å². The van der Waals surface area contributed by atoms with Crippen molar-refractivity contribution in [3.05, 3.63) is 35.2 Å². The van der Waals surface area contributed by atoms with E-state index in [1.807, 2.05) is 6.92 Å². The van der Waals surface area contributed by atoms with E-state index in [-0.39, 0.29) is 23.5 Å². The third-order valence-corrected chi connectivity index (χ3v) is 6.67. The fourth-order valence-electron chi connectivity index (χ4n) is 3.54. The van der Waals surface area contributed by atoms with Gasteiger partial charge in [0.1, 0.15) is 13.2 Å². The summed E-state index contributed by atoms with van der Waals surface area (Å²) in [6.45, 7) is 4.58. The average molecular weight is 391 g/mol. The topological polar surface area (TPSA) is 99.5 Å². The van der Waals surface area contributed by atoms with Gasteiger partial charge in [0.15, 0.2) is 21.3 Å². The number of nitrogens with one attached hydrogen (secondary N) is 1. The minimum atomic E-state index is -3.01. The molecule has 8 nitrogen and oxygen atoms in total. The summed E-state index contributed by atoms with van der Waals surface area (Å²) in [6.07, 6.45) is 0.542. The van der Waals surface area contributed by atoms with Crippen molar-refractivity contribution < 1.29 is 22.7 Å². The average Bonchev–Trinajstić information content (AvgIpc) is 3.14. The second kappa shape index (κ2) is 6.56. The van der Waals surface area contributed by atoms with Crippen molar-refractivity contribution in [1.82, 2.24) is 9.78 Å². The SMILES string of the molecule is Cc1nn(C2CCS(=O)(=O)C2)c(C)c1NC(=O)c1ccc2c(c1)OCCO2. The first kappa shape index (κ1) is 17.8. The summed E-state index contributed by atoms with van der Waals surface area (Å²) in [6, 6.07) is 4.87. The largest absolute Gasteiger partial charge is 0.486 e. The van der Waals surface area contributed by atoms with Crippen LogP contribution in [0.3, 0.4) is 0 Å². The van der Waals surface area contributed by atoms with Crippen molar-refractivity contribution in [2.45, 2.75) is 26.3 Å². The molecule has 2 aromatic rings. The highest BCUT2D eigenvalue weighted by Crippen LogP contribution is 2.32. The second-order valence-corrected chi connectivity index (χ2v) is 9.09. The Labute approximate surface area is 157 Å². The van der Waals surface area contributed by atoms with E-state index in [1.165, 1.54) is 0 Å². The number of benzene rings is 1. The maximum absolute atomic E-state index is 12.7. The highest BCUT2D eigenvalue weighted by atomic mass is 32.2. The predicted molar refractivity (Wildman–Crippen MR) is 99.4 cm³/mol. The van der Waals surface area contributed by atoms with Crippen LogP contribution in [0.1, 0.15) is 34.2 Å². The fourth-order valence-corrected chi connectivity index (χ4v) is 5.23. The van der Waals surface area contributed by atoms with Gasteiger partial charge >= 0.3 is 0 Å². The molecule has 1 unspecified atom stereocenters. The molecule has 3 heterocycles. The first-order chi connectivity index (χ1) is 12.8. The highest BCUT2D eigenvalue weighted by molar-refractivity contribution is 7.91. The van der Waals surface area contributed by atoms with Crippen LogP contribution in [0.25, 0.3) is 0 Å². The molecule has 0 spiro atoms. The molecule has 1 saturated heterocycles. The van der Waals surface area contributed by atoms with Gasteiger partial charge < -0.3 is 14.8 Å². The van der Waals surface area contributed by atoms with E-state index in [2.05, 4.69) is 10.4 Å². The van der Waals surface area contributed by atoms with E-state index < -0.39 is 9.84 Å². The number of anilines is 1. The Bertz CT molecular complexity index is 1010. The van der Waals surface area contributed by atoms with E-state index in [9.17, 15) is 13.2 Å². The van der Waals surface area contributed by atoms with Crippen molar-refractivity contribution in [2.75, 3.05) is 30.0 Å². The molecule has 144 valence electrons. The summed E-state index contributed by atoms with van der Waals surface area (Å²) in [5.74, 6) is 1.16. The van der Waals surface area contributed by atoms with Gasteiger partial charge in [-0.3, -0.25) is 9.48 Å². The van der Waals surface area contributed by atoms with Gasteiger partial charge in [0.25, 0.3) is 5.91 Å². The zero-order valence-corrected chi connectivity index (χ0v) is 16.0. The van der Waals surface area contributed by atoms with Gasteiger partial charge in [-0.1, -0.05) is 0 Å². The quantitative estimate of drug-likeness (QED) is 0.858. The van der Waals surface area contributed by atoms with E-state index in [0.717, 1.165) is 5.69 Å². The maximum atomic E-state index is 12.7. The molecule has 0 bridgehead atoms. The Morgan fingerprint density at radius 2 is 1.96 bits per heavy atom. The molecule has 1 aromatic carbocycles. The van der Waals surface area contributed by atoms with Crippen LogP contribution in [0.5, 0.6) is 11.5 Å². The molecule has 9 heteroatoms. The molecule has 1 aromatic heterocycles. The number of nitrogens with zero attached hydrogens (tertiary/aromatic N) is 2. The van der Waals surface area contributed by atoms with Crippen LogP contribution in [0.2, 0.25) is 0 Å².